The first-order valence-corrected chi connectivity index (χ1v) is 6.37. The van der Waals surface area contributed by atoms with Gasteiger partial charge in [-0.05, 0) is 12.5 Å². The molecule has 106 valence electrons. The largest absolute Gasteiger partial charge is 0.311 e. The number of nitriles is 1. The smallest absolute Gasteiger partial charge is 0.243 e. The maximum Gasteiger partial charge on any atom is 0.243 e. The second-order valence-electron chi connectivity index (χ2n) is 4.64. The van der Waals surface area contributed by atoms with Gasteiger partial charge >= 0.3 is 0 Å². The minimum absolute atomic E-state index is 0.0939. The molecule has 1 aliphatic rings. The van der Waals surface area contributed by atoms with E-state index in [0.717, 1.165) is 11.0 Å². The second-order valence-corrected chi connectivity index (χ2v) is 5.04. The molecule has 0 aromatic heterocycles. The molecule has 0 spiro atoms. The Kier molecular flexibility index (Phi) is 4.21. The average molecular weight is 300 g/mol. The van der Waals surface area contributed by atoms with Crippen LogP contribution in [0.3, 0.4) is 0 Å². The van der Waals surface area contributed by atoms with E-state index in [-0.39, 0.29) is 22.5 Å². The lowest BCUT2D eigenvalue weighted by Gasteiger charge is -2.22. The highest BCUT2D eigenvalue weighted by Crippen LogP contribution is 2.27. The topological polar surface area (TPSA) is 56.1 Å². The van der Waals surface area contributed by atoms with Crippen molar-refractivity contribution in [3.05, 3.63) is 28.8 Å². The molecule has 0 aliphatic carbocycles. The molecule has 1 fully saturated rings. The van der Waals surface area contributed by atoms with Crippen LogP contribution in [0.25, 0.3) is 0 Å². The fourth-order valence-electron chi connectivity index (χ4n) is 2.14. The first-order valence-electron chi connectivity index (χ1n) is 5.99. The molecule has 20 heavy (non-hydrogen) atoms. The van der Waals surface area contributed by atoms with Gasteiger partial charge in [-0.15, -0.1) is 0 Å². The Morgan fingerprint density at radius 2 is 2.20 bits per heavy atom. The molecule has 1 aliphatic heterocycles. The monoisotopic (exact) mass is 299 g/mol. The van der Waals surface area contributed by atoms with E-state index in [9.17, 15) is 13.6 Å². The molecule has 1 heterocycles. The van der Waals surface area contributed by atoms with Gasteiger partial charge in [0, 0.05) is 19.7 Å². The maximum absolute atomic E-state index is 13.7. The van der Waals surface area contributed by atoms with Gasteiger partial charge in [0.2, 0.25) is 5.91 Å². The van der Waals surface area contributed by atoms with Crippen LogP contribution in [0.4, 0.5) is 14.5 Å². The van der Waals surface area contributed by atoms with E-state index in [1.807, 2.05) is 0 Å². The van der Waals surface area contributed by atoms with Crippen LogP contribution in [0, 0.1) is 28.9 Å². The Morgan fingerprint density at radius 1 is 1.50 bits per heavy atom. The normalized spacial score (nSPS) is 21.6. The molecule has 7 heteroatoms. The number of rotatable bonds is 2. The molecule has 2 rings (SSSR count). The third-order valence-corrected chi connectivity index (χ3v) is 3.58. The van der Waals surface area contributed by atoms with Crippen molar-refractivity contribution in [2.75, 3.05) is 18.5 Å². The van der Waals surface area contributed by atoms with Crippen molar-refractivity contribution in [2.45, 2.75) is 12.5 Å². The molecule has 1 aromatic rings. The molecule has 4 nitrogen and oxygen atoms in total. The number of amides is 1. The Balaban J connectivity index is 2.20. The summed E-state index contributed by atoms with van der Waals surface area (Å²) in [4.78, 5) is 13.3. The first kappa shape index (κ1) is 14.7. The molecule has 0 saturated carbocycles. The highest BCUT2D eigenvalue weighted by molar-refractivity contribution is 6.31. The highest BCUT2D eigenvalue weighted by Gasteiger charge is 2.32. The molecule has 1 amide bonds. The SMILES string of the molecule is CN(C(=O)C1CC(C#N)CN1)c1cc(Cl)c(F)cc1F. The third-order valence-electron chi connectivity index (χ3n) is 3.29. The summed E-state index contributed by atoms with van der Waals surface area (Å²) in [7, 11) is 1.39. The van der Waals surface area contributed by atoms with E-state index >= 15 is 0 Å². The van der Waals surface area contributed by atoms with Gasteiger partial charge in [0.05, 0.1) is 28.7 Å². The molecule has 1 aromatic carbocycles. The average Bonchev–Trinajstić information content (AvgIpc) is 2.90. The predicted molar refractivity (Wildman–Crippen MR) is 70.3 cm³/mol. The highest BCUT2D eigenvalue weighted by atomic mass is 35.5. The van der Waals surface area contributed by atoms with Gasteiger partial charge in [0.25, 0.3) is 0 Å². The Morgan fingerprint density at radius 3 is 2.80 bits per heavy atom. The third kappa shape index (κ3) is 2.74. The fourth-order valence-corrected chi connectivity index (χ4v) is 2.30. The number of hydrogen-bond acceptors (Lipinski definition) is 3. The lowest BCUT2D eigenvalue weighted by atomic mass is 10.1. The van der Waals surface area contributed by atoms with Gasteiger partial charge in [-0.3, -0.25) is 4.79 Å². The zero-order chi connectivity index (χ0) is 14.9. The summed E-state index contributed by atoms with van der Waals surface area (Å²) in [6.45, 7) is 0.424. The van der Waals surface area contributed by atoms with Gasteiger partial charge in [-0.1, -0.05) is 11.6 Å². The number of halogens is 3. The number of carbonyl (C=O) groups is 1. The summed E-state index contributed by atoms with van der Waals surface area (Å²) >= 11 is 5.60. The first-order chi connectivity index (χ1) is 9.43. The minimum atomic E-state index is -0.877. The molecule has 1 N–H and O–H groups in total. The van der Waals surface area contributed by atoms with E-state index in [1.54, 1.807) is 0 Å². The lowest BCUT2D eigenvalue weighted by molar-refractivity contribution is -0.120. The number of likely N-dealkylation sites (N-methyl/N-ethyl adjacent to an activating group) is 1. The van der Waals surface area contributed by atoms with Crippen LogP contribution in [0.2, 0.25) is 5.02 Å². The van der Waals surface area contributed by atoms with Crippen molar-refractivity contribution < 1.29 is 13.6 Å². The van der Waals surface area contributed by atoms with E-state index in [0.29, 0.717) is 19.0 Å². The van der Waals surface area contributed by atoms with Crippen molar-refractivity contribution in [3.63, 3.8) is 0 Å². The van der Waals surface area contributed by atoms with Crippen molar-refractivity contribution in [1.82, 2.24) is 5.32 Å². The summed E-state index contributed by atoms with van der Waals surface area (Å²) in [5, 5.41) is 11.5. The minimum Gasteiger partial charge on any atom is -0.311 e. The zero-order valence-electron chi connectivity index (χ0n) is 10.7. The van der Waals surface area contributed by atoms with Gasteiger partial charge in [0.15, 0.2) is 0 Å². The van der Waals surface area contributed by atoms with Crippen molar-refractivity contribution in [1.29, 1.82) is 5.26 Å². The number of nitrogens with one attached hydrogen (secondary N) is 1. The van der Waals surface area contributed by atoms with Crippen LogP contribution in [0.5, 0.6) is 0 Å². The number of carbonyl (C=O) groups excluding carboxylic acids is 1. The van der Waals surface area contributed by atoms with E-state index in [2.05, 4.69) is 11.4 Å². The van der Waals surface area contributed by atoms with Crippen LogP contribution in [-0.4, -0.2) is 25.5 Å². The number of nitrogens with zero attached hydrogens (tertiary/aromatic N) is 2. The lowest BCUT2D eigenvalue weighted by Crippen LogP contribution is -2.42. The number of benzene rings is 1. The molecule has 2 unspecified atom stereocenters. The zero-order valence-corrected chi connectivity index (χ0v) is 11.4. The summed E-state index contributed by atoms with van der Waals surface area (Å²) in [6.07, 6.45) is 0.371. The van der Waals surface area contributed by atoms with Crippen molar-refractivity contribution >= 4 is 23.2 Å². The number of anilines is 1. The van der Waals surface area contributed by atoms with E-state index in [4.69, 9.17) is 16.9 Å². The maximum atomic E-state index is 13.7. The van der Waals surface area contributed by atoms with Crippen LogP contribution in [0.15, 0.2) is 12.1 Å². The van der Waals surface area contributed by atoms with Gasteiger partial charge in [-0.25, -0.2) is 8.78 Å². The van der Waals surface area contributed by atoms with Crippen molar-refractivity contribution in [3.8, 4) is 6.07 Å². The summed E-state index contributed by atoms with van der Waals surface area (Å²) in [5.74, 6) is -2.36. The van der Waals surface area contributed by atoms with Crippen LogP contribution in [-0.2, 0) is 4.79 Å². The molecule has 1 saturated heterocycles. The Hall–Kier alpha value is -1.71. The molecular formula is C13H12ClF2N3O. The molecule has 2 atom stereocenters. The summed E-state index contributed by atoms with van der Waals surface area (Å²) < 4.78 is 26.8. The van der Waals surface area contributed by atoms with Crippen molar-refractivity contribution in [2.24, 2.45) is 5.92 Å². The Bertz CT molecular complexity index is 588. The van der Waals surface area contributed by atoms with E-state index < -0.39 is 17.7 Å². The quantitative estimate of drug-likeness (QED) is 0.851. The summed E-state index contributed by atoms with van der Waals surface area (Å²) in [5.41, 5.74) is -0.0939. The summed E-state index contributed by atoms with van der Waals surface area (Å²) in [6, 6.07) is 3.24. The molecular weight excluding hydrogens is 288 g/mol. The second kappa shape index (κ2) is 5.73. The van der Waals surface area contributed by atoms with E-state index in [1.165, 1.54) is 7.05 Å². The van der Waals surface area contributed by atoms with Crippen LogP contribution in [0.1, 0.15) is 6.42 Å². The van der Waals surface area contributed by atoms with Gasteiger partial charge in [-0.2, -0.15) is 5.26 Å². The Labute approximate surface area is 119 Å². The molecule has 0 radical (unpaired) electrons. The number of hydrogen-bond donors (Lipinski definition) is 1. The standard InChI is InChI=1S/C13H12ClF2N3O/c1-19(12-3-8(14)9(15)4-10(12)16)13(20)11-2-7(5-17)6-18-11/h3-4,7,11,18H,2,6H2,1H3. The van der Waals surface area contributed by atoms with Gasteiger partial charge < -0.3 is 10.2 Å². The fraction of sp³-hybridized carbons (Fsp3) is 0.385. The molecule has 0 bridgehead atoms. The predicted octanol–water partition coefficient (Wildman–Crippen LogP) is 2.08. The van der Waals surface area contributed by atoms with Crippen LogP contribution >= 0.6 is 11.6 Å². The van der Waals surface area contributed by atoms with Gasteiger partial charge in [0.1, 0.15) is 11.6 Å². The van der Waals surface area contributed by atoms with Crippen LogP contribution < -0.4 is 10.2 Å².